The maximum Gasteiger partial charge on any atom is 0.0345 e. The second-order valence-corrected chi connectivity index (χ2v) is 5.52. The number of rotatable bonds is 2. The van der Waals surface area contributed by atoms with Gasteiger partial charge in [0.15, 0.2) is 0 Å². The van der Waals surface area contributed by atoms with E-state index in [0.29, 0.717) is 0 Å². The summed E-state index contributed by atoms with van der Waals surface area (Å²) in [5, 5.41) is 1.41. The molecule has 1 heterocycles. The number of hydrogen-bond acceptors (Lipinski definition) is 1. The fourth-order valence-electron chi connectivity index (χ4n) is 1.72. The molecule has 0 aliphatic rings. The van der Waals surface area contributed by atoms with Gasteiger partial charge in [0.2, 0.25) is 0 Å². The molecule has 0 saturated carbocycles. The van der Waals surface area contributed by atoms with Crippen molar-refractivity contribution in [3.05, 3.63) is 34.7 Å². The number of fused-ring (bicyclic) bond motifs is 1. The third-order valence-corrected chi connectivity index (χ3v) is 3.47. The number of thiophene rings is 1. The summed E-state index contributed by atoms with van der Waals surface area (Å²) >= 11 is 1.93. The highest BCUT2D eigenvalue weighted by Gasteiger charge is 2.03. The molecule has 0 nitrogen and oxygen atoms in total. The highest BCUT2D eigenvalue weighted by atomic mass is 32.1. The van der Waals surface area contributed by atoms with Gasteiger partial charge in [0.25, 0.3) is 0 Å². The molecular formula is C13H16S. The van der Waals surface area contributed by atoms with E-state index in [1.807, 2.05) is 11.3 Å². The van der Waals surface area contributed by atoms with E-state index in [2.05, 4.69) is 45.0 Å². The second kappa shape index (κ2) is 3.74. The molecule has 0 N–H and O–H groups in total. The first kappa shape index (κ1) is 9.72. The lowest BCUT2D eigenvalue weighted by Crippen LogP contribution is -1.89. The molecule has 14 heavy (non-hydrogen) atoms. The Labute approximate surface area is 89.6 Å². The first-order valence-corrected chi connectivity index (χ1v) is 5.96. The van der Waals surface area contributed by atoms with Crippen LogP contribution in [-0.4, -0.2) is 0 Å². The summed E-state index contributed by atoms with van der Waals surface area (Å²) in [6.07, 6.45) is 1.21. The Morgan fingerprint density at radius 3 is 2.71 bits per heavy atom. The molecular weight excluding hydrogens is 188 g/mol. The standard InChI is InChI=1S/C13H16S/c1-9(2)6-12-8-11-7-10(3)4-5-13(11)14-12/h4-5,7-9H,6H2,1-3H3. The van der Waals surface area contributed by atoms with Crippen molar-refractivity contribution in [3.63, 3.8) is 0 Å². The van der Waals surface area contributed by atoms with Crippen LogP contribution in [0.3, 0.4) is 0 Å². The van der Waals surface area contributed by atoms with Gasteiger partial charge < -0.3 is 0 Å². The summed E-state index contributed by atoms with van der Waals surface area (Å²) in [7, 11) is 0. The van der Waals surface area contributed by atoms with Crippen LogP contribution in [0.4, 0.5) is 0 Å². The van der Waals surface area contributed by atoms with E-state index in [0.717, 1.165) is 5.92 Å². The van der Waals surface area contributed by atoms with Crippen molar-refractivity contribution in [2.75, 3.05) is 0 Å². The molecule has 0 aliphatic heterocycles. The van der Waals surface area contributed by atoms with Crippen molar-refractivity contribution in [1.82, 2.24) is 0 Å². The first-order chi connectivity index (χ1) is 6.65. The van der Waals surface area contributed by atoms with Crippen molar-refractivity contribution in [2.45, 2.75) is 27.2 Å². The Morgan fingerprint density at radius 2 is 2.00 bits per heavy atom. The maximum atomic E-state index is 2.34. The molecule has 0 bridgehead atoms. The zero-order valence-electron chi connectivity index (χ0n) is 9.00. The third kappa shape index (κ3) is 1.98. The second-order valence-electron chi connectivity index (χ2n) is 4.35. The lowest BCUT2D eigenvalue weighted by Gasteiger charge is -1.98. The summed E-state index contributed by atoms with van der Waals surface area (Å²) in [4.78, 5) is 1.51. The lowest BCUT2D eigenvalue weighted by atomic mass is 10.1. The van der Waals surface area contributed by atoms with E-state index in [-0.39, 0.29) is 0 Å². The minimum Gasteiger partial charge on any atom is -0.140 e. The molecule has 0 unspecified atom stereocenters. The molecule has 2 aromatic rings. The Bertz CT molecular complexity index is 437. The van der Waals surface area contributed by atoms with Crippen LogP contribution in [0, 0.1) is 12.8 Å². The molecule has 74 valence electrons. The summed E-state index contributed by atoms with van der Waals surface area (Å²) in [6, 6.07) is 9.04. The predicted octanol–water partition coefficient (Wildman–Crippen LogP) is 4.41. The molecule has 1 aromatic carbocycles. The van der Waals surface area contributed by atoms with E-state index >= 15 is 0 Å². The Kier molecular flexibility index (Phi) is 2.60. The minimum absolute atomic E-state index is 0.754. The predicted molar refractivity (Wildman–Crippen MR) is 65.1 cm³/mol. The van der Waals surface area contributed by atoms with Crippen molar-refractivity contribution in [1.29, 1.82) is 0 Å². The number of aryl methyl sites for hydroxylation is 1. The molecule has 0 saturated heterocycles. The smallest absolute Gasteiger partial charge is 0.0345 e. The average Bonchev–Trinajstić information content (AvgIpc) is 2.44. The maximum absolute atomic E-state index is 2.34. The Hall–Kier alpha value is -0.820. The van der Waals surface area contributed by atoms with E-state index in [4.69, 9.17) is 0 Å². The van der Waals surface area contributed by atoms with Gasteiger partial charge >= 0.3 is 0 Å². The van der Waals surface area contributed by atoms with E-state index in [9.17, 15) is 0 Å². The SMILES string of the molecule is Cc1ccc2sc(CC(C)C)cc2c1. The zero-order valence-corrected chi connectivity index (χ0v) is 9.82. The summed E-state index contributed by atoms with van der Waals surface area (Å²) in [5.74, 6) is 0.754. The molecule has 1 aromatic heterocycles. The fraction of sp³-hybridized carbons (Fsp3) is 0.385. The van der Waals surface area contributed by atoms with Crippen LogP contribution in [0.1, 0.15) is 24.3 Å². The van der Waals surface area contributed by atoms with Gasteiger partial charge in [-0.05, 0) is 36.8 Å². The molecule has 1 heteroatoms. The lowest BCUT2D eigenvalue weighted by molar-refractivity contribution is 0.654. The van der Waals surface area contributed by atoms with Crippen LogP contribution < -0.4 is 0 Å². The largest absolute Gasteiger partial charge is 0.140 e. The molecule has 2 rings (SSSR count). The molecule has 0 fully saturated rings. The van der Waals surface area contributed by atoms with E-state index < -0.39 is 0 Å². The number of hydrogen-bond donors (Lipinski definition) is 0. The monoisotopic (exact) mass is 204 g/mol. The quantitative estimate of drug-likeness (QED) is 0.680. The van der Waals surface area contributed by atoms with E-state index in [1.165, 1.54) is 26.9 Å². The first-order valence-electron chi connectivity index (χ1n) is 5.14. The van der Waals surface area contributed by atoms with Gasteiger partial charge in [0.1, 0.15) is 0 Å². The fourth-order valence-corrected chi connectivity index (χ4v) is 2.98. The molecule has 0 radical (unpaired) electrons. The van der Waals surface area contributed by atoms with Gasteiger partial charge in [-0.15, -0.1) is 11.3 Å². The number of benzene rings is 1. The Balaban J connectivity index is 2.41. The van der Waals surface area contributed by atoms with Crippen LogP contribution in [0.25, 0.3) is 10.1 Å². The zero-order chi connectivity index (χ0) is 10.1. The summed E-state index contributed by atoms with van der Waals surface area (Å²) in [6.45, 7) is 6.70. The van der Waals surface area contributed by atoms with Crippen molar-refractivity contribution < 1.29 is 0 Å². The van der Waals surface area contributed by atoms with Gasteiger partial charge in [-0.25, -0.2) is 0 Å². The van der Waals surface area contributed by atoms with Crippen LogP contribution in [0.5, 0.6) is 0 Å². The topological polar surface area (TPSA) is 0 Å². The van der Waals surface area contributed by atoms with Gasteiger partial charge in [0, 0.05) is 9.58 Å². The average molecular weight is 204 g/mol. The van der Waals surface area contributed by atoms with Crippen molar-refractivity contribution in [3.8, 4) is 0 Å². The minimum atomic E-state index is 0.754. The van der Waals surface area contributed by atoms with Gasteiger partial charge in [-0.2, -0.15) is 0 Å². The molecule has 0 amide bonds. The van der Waals surface area contributed by atoms with Crippen LogP contribution in [0.2, 0.25) is 0 Å². The molecule has 0 spiro atoms. The molecule has 0 aliphatic carbocycles. The van der Waals surface area contributed by atoms with Gasteiger partial charge in [-0.1, -0.05) is 31.5 Å². The third-order valence-electron chi connectivity index (χ3n) is 2.33. The van der Waals surface area contributed by atoms with Crippen molar-refractivity contribution in [2.24, 2.45) is 5.92 Å². The van der Waals surface area contributed by atoms with Gasteiger partial charge in [0.05, 0.1) is 0 Å². The summed E-state index contributed by atoms with van der Waals surface area (Å²) in [5.41, 5.74) is 1.35. The molecule has 0 atom stereocenters. The Morgan fingerprint density at radius 1 is 1.21 bits per heavy atom. The normalized spacial score (nSPS) is 11.4. The van der Waals surface area contributed by atoms with Crippen LogP contribution in [0.15, 0.2) is 24.3 Å². The van der Waals surface area contributed by atoms with E-state index in [1.54, 1.807) is 0 Å². The van der Waals surface area contributed by atoms with Crippen LogP contribution >= 0.6 is 11.3 Å². The van der Waals surface area contributed by atoms with Crippen LogP contribution in [-0.2, 0) is 6.42 Å². The van der Waals surface area contributed by atoms with Crippen molar-refractivity contribution >= 4 is 21.4 Å². The highest BCUT2D eigenvalue weighted by Crippen LogP contribution is 2.27. The highest BCUT2D eigenvalue weighted by molar-refractivity contribution is 7.19. The van der Waals surface area contributed by atoms with Gasteiger partial charge in [-0.3, -0.25) is 0 Å². The summed E-state index contributed by atoms with van der Waals surface area (Å²) < 4.78 is 1.42.